The molecule has 1 atom stereocenters. The minimum absolute atomic E-state index is 0.519. The van der Waals surface area contributed by atoms with Gasteiger partial charge in [0.25, 0.3) is 0 Å². The monoisotopic (exact) mass is 452 g/mol. The average Bonchev–Trinajstić information content (AvgIpc) is 2.99. The van der Waals surface area contributed by atoms with E-state index in [1.807, 2.05) is 78.9 Å². The topological polar surface area (TPSA) is 44.8 Å². The van der Waals surface area contributed by atoms with Crippen LogP contribution >= 0.6 is 7.60 Å². The molecule has 6 rings (SSSR count). The second kappa shape index (κ2) is 7.77. The van der Waals surface area contributed by atoms with Crippen LogP contribution in [0.25, 0.3) is 32.7 Å². The Morgan fingerprint density at radius 1 is 0.636 bits per heavy atom. The largest absolute Gasteiger partial charge is 0.463 e. The summed E-state index contributed by atoms with van der Waals surface area (Å²) in [5.41, 5.74) is 2.48. The van der Waals surface area contributed by atoms with Gasteiger partial charge >= 0.3 is 7.60 Å². The summed E-state index contributed by atoms with van der Waals surface area (Å²) in [6.07, 6.45) is 0. The molecule has 1 aliphatic heterocycles. The van der Waals surface area contributed by atoms with Crippen LogP contribution in [-0.4, -0.2) is 7.11 Å². The highest BCUT2D eigenvalue weighted by Crippen LogP contribution is 2.65. The minimum Gasteiger partial charge on any atom is -0.413 e. The number of ether oxygens (including phenoxy) is 1. The molecule has 0 fully saturated rings. The fourth-order valence-electron chi connectivity index (χ4n) is 4.62. The molecule has 5 aromatic carbocycles. The molecule has 33 heavy (non-hydrogen) atoms. The molecule has 5 aromatic rings. The lowest BCUT2D eigenvalue weighted by molar-refractivity contribution is 0.142. The van der Waals surface area contributed by atoms with Crippen LogP contribution in [0.15, 0.2) is 103 Å². The normalized spacial score (nSPS) is 15.1. The van der Waals surface area contributed by atoms with Crippen LogP contribution in [0.5, 0.6) is 11.5 Å². The molecule has 0 amide bonds. The molecule has 0 saturated heterocycles. The van der Waals surface area contributed by atoms with Crippen LogP contribution in [0.3, 0.4) is 0 Å². The van der Waals surface area contributed by atoms with Crippen LogP contribution in [0.4, 0.5) is 0 Å². The van der Waals surface area contributed by atoms with E-state index in [-0.39, 0.29) is 0 Å². The SMILES string of the molecule is COC(c1ccccc1)P1(=O)Oc2ccc3ccccc3c2-c2c(ccc3ccccc23)O1. The third kappa shape index (κ3) is 3.22. The van der Waals surface area contributed by atoms with Gasteiger partial charge in [0.05, 0.1) is 0 Å². The smallest absolute Gasteiger partial charge is 0.413 e. The third-order valence-corrected chi connectivity index (χ3v) is 8.06. The van der Waals surface area contributed by atoms with Crippen molar-refractivity contribution in [2.45, 2.75) is 5.85 Å². The van der Waals surface area contributed by atoms with Gasteiger partial charge < -0.3 is 13.8 Å². The molecule has 1 unspecified atom stereocenters. The van der Waals surface area contributed by atoms with Gasteiger partial charge in [-0.1, -0.05) is 91.0 Å². The van der Waals surface area contributed by atoms with E-state index in [0.717, 1.165) is 38.2 Å². The minimum atomic E-state index is -3.83. The van der Waals surface area contributed by atoms with Crippen LogP contribution < -0.4 is 9.05 Å². The Morgan fingerprint density at radius 2 is 1.12 bits per heavy atom. The van der Waals surface area contributed by atoms with Crippen molar-refractivity contribution in [2.75, 3.05) is 7.11 Å². The van der Waals surface area contributed by atoms with Gasteiger partial charge in [-0.05, 0) is 39.2 Å². The van der Waals surface area contributed by atoms with E-state index >= 15 is 0 Å². The molecule has 4 nitrogen and oxygen atoms in total. The molecule has 0 bridgehead atoms. The maximum absolute atomic E-state index is 14.4. The van der Waals surface area contributed by atoms with E-state index in [4.69, 9.17) is 13.8 Å². The van der Waals surface area contributed by atoms with Gasteiger partial charge in [0.15, 0.2) is 0 Å². The second-order valence-electron chi connectivity index (χ2n) is 8.04. The molecule has 0 aromatic heterocycles. The van der Waals surface area contributed by atoms with Crippen molar-refractivity contribution in [3.8, 4) is 22.6 Å². The zero-order chi connectivity index (χ0) is 22.4. The lowest BCUT2D eigenvalue weighted by Gasteiger charge is -2.25. The first-order chi connectivity index (χ1) is 16.2. The van der Waals surface area contributed by atoms with Gasteiger partial charge in [-0.2, -0.15) is 0 Å². The number of rotatable bonds is 3. The quantitative estimate of drug-likeness (QED) is 0.260. The summed E-state index contributed by atoms with van der Waals surface area (Å²) in [6.45, 7) is 0. The summed E-state index contributed by atoms with van der Waals surface area (Å²) in [5, 5.41) is 4.17. The predicted molar refractivity (Wildman–Crippen MR) is 132 cm³/mol. The van der Waals surface area contributed by atoms with Gasteiger partial charge in [0.1, 0.15) is 11.5 Å². The van der Waals surface area contributed by atoms with Crippen molar-refractivity contribution in [1.82, 2.24) is 0 Å². The van der Waals surface area contributed by atoms with Crippen LogP contribution in [0, 0.1) is 0 Å². The Labute approximate surface area is 191 Å². The summed E-state index contributed by atoms with van der Waals surface area (Å²) in [4.78, 5) is 0. The van der Waals surface area contributed by atoms with Crippen molar-refractivity contribution < 1.29 is 18.3 Å². The molecule has 162 valence electrons. The fraction of sp³-hybridized carbons (Fsp3) is 0.0714. The fourth-order valence-corrected chi connectivity index (χ4v) is 6.50. The van der Waals surface area contributed by atoms with E-state index in [2.05, 4.69) is 24.3 Å². The number of hydrogen-bond acceptors (Lipinski definition) is 4. The maximum atomic E-state index is 14.4. The van der Waals surface area contributed by atoms with Gasteiger partial charge in [-0.3, -0.25) is 0 Å². The third-order valence-electron chi connectivity index (χ3n) is 6.08. The first-order valence-corrected chi connectivity index (χ1v) is 12.4. The summed E-state index contributed by atoms with van der Waals surface area (Å²) in [5.74, 6) is 0.158. The van der Waals surface area contributed by atoms with Crippen molar-refractivity contribution >= 4 is 29.1 Å². The van der Waals surface area contributed by atoms with Gasteiger partial charge in [0, 0.05) is 18.2 Å². The van der Waals surface area contributed by atoms with Crippen molar-refractivity contribution in [1.29, 1.82) is 0 Å². The average molecular weight is 452 g/mol. The molecular formula is C28H21O4P. The number of fused-ring (bicyclic) bond motifs is 7. The number of hydrogen-bond donors (Lipinski definition) is 0. The zero-order valence-electron chi connectivity index (χ0n) is 18.0. The van der Waals surface area contributed by atoms with Gasteiger partial charge in [-0.25, -0.2) is 4.57 Å². The van der Waals surface area contributed by atoms with Crippen molar-refractivity contribution in [3.63, 3.8) is 0 Å². The molecule has 1 aliphatic rings. The Morgan fingerprint density at radius 3 is 1.64 bits per heavy atom. The summed E-state index contributed by atoms with van der Waals surface area (Å²) in [7, 11) is -2.31. The Balaban J connectivity index is 1.68. The Bertz CT molecular complexity index is 1450. The zero-order valence-corrected chi connectivity index (χ0v) is 18.9. The van der Waals surface area contributed by atoms with Crippen molar-refractivity contribution in [3.05, 3.63) is 109 Å². The van der Waals surface area contributed by atoms with Crippen LogP contribution in [0.1, 0.15) is 11.4 Å². The molecule has 0 N–H and O–H groups in total. The van der Waals surface area contributed by atoms with E-state index in [1.54, 1.807) is 0 Å². The van der Waals surface area contributed by atoms with Gasteiger partial charge in [-0.15, -0.1) is 0 Å². The Kier molecular flexibility index (Phi) is 4.72. The molecule has 5 heteroatoms. The van der Waals surface area contributed by atoms with Crippen molar-refractivity contribution in [2.24, 2.45) is 0 Å². The molecule has 0 aliphatic carbocycles. The summed E-state index contributed by atoms with van der Waals surface area (Å²) >= 11 is 0. The molecule has 1 heterocycles. The maximum Gasteiger partial charge on any atom is 0.463 e. The van der Waals surface area contributed by atoms with Crippen LogP contribution in [-0.2, 0) is 9.30 Å². The first kappa shape index (κ1) is 20.0. The molecule has 0 spiro atoms. The number of benzene rings is 5. The van der Waals surface area contributed by atoms with E-state index in [1.165, 1.54) is 7.11 Å². The number of methoxy groups -OCH3 is 1. The highest BCUT2D eigenvalue weighted by molar-refractivity contribution is 7.55. The van der Waals surface area contributed by atoms with E-state index < -0.39 is 13.4 Å². The predicted octanol–water partition coefficient (Wildman–Crippen LogP) is 7.97. The Hall–Kier alpha value is -3.59. The standard InChI is InChI=1S/C28H21O4P/c1-30-28(21-11-3-2-4-12-21)33(29)31-24-17-15-19-9-5-7-13-22(19)26(24)27-23-14-8-6-10-20(23)16-18-25(27)32-33/h2-18,28H,1H3. The second-order valence-corrected chi connectivity index (χ2v) is 9.95. The highest BCUT2D eigenvalue weighted by atomic mass is 31.2. The molecule has 0 radical (unpaired) electrons. The van der Waals surface area contributed by atoms with Crippen LogP contribution in [0.2, 0.25) is 0 Å². The summed E-state index contributed by atoms with van der Waals surface area (Å²) < 4.78 is 32.7. The van der Waals surface area contributed by atoms with E-state index in [9.17, 15) is 4.57 Å². The lowest BCUT2D eigenvalue weighted by Crippen LogP contribution is -2.11. The first-order valence-electron chi connectivity index (χ1n) is 10.8. The van der Waals surface area contributed by atoms with Gasteiger partial charge in [0.2, 0.25) is 5.85 Å². The molecular weight excluding hydrogens is 431 g/mol. The summed E-state index contributed by atoms with van der Waals surface area (Å²) in [6, 6.07) is 33.4. The highest BCUT2D eigenvalue weighted by Gasteiger charge is 2.44. The van der Waals surface area contributed by atoms with E-state index in [0.29, 0.717) is 11.5 Å². The lowest BCUT2D eigenvalue weighted by atomic mass is 9.92. The molecule has 0 saturated carbocycles.